The van der Waals surface area contributed by atoms with Gasteiger partial charge < -0.3 is 14.7 Å². The van der Waals surface area contributed by atoms with Crippen LogP contribution in [0.25, 0.3) is 0 Å². The van der Waals surface area contributed by atoms with E-state index in [0.717, 1.165) is 6.07 Å². The number of carboxylic acid groups (broad SMARTS) is 1. The number of rotatable bonds is 3. The molecule has 2 rings (SSSR count). The maximum atomic E-state index is 14.1. The smallest absolute Gasteiger partial charge is 0.406 e. The Hall–Kier alpha value is -2.32. The van der Waals surface area contributed by atoms with E-state index in [1.54, 1.807) is 0 Å². The minimum atomic E-state index is -5.01. The molecule has 0 aliphatic carbocycles. The maximum Gasteiger partial charge on any atom is 0.406 e. The molecule has 1 aromatic carbocycles. The molecule has 1 aromatic rings. The number of carbonyl (C=O) groups is 2. The van der Waals surface area contributed by atoms with Crippen molar-refractivity contribution >= 4 is 11.9 Å². The lowest BCUT2D eigenvalue weighted by Gasteiger charge is -2.27. The number of alkyl halides is 3. The summed E-state index contributed by atoms with van der Waals surface area (Å²) in [6.45, 7) is -1.48. The molecule has 1 fully saturated rings. The topological polar surface area (TPSA) is 66.8 Å². The van der Waals surface area contributed by atoms with Gasteiger partial charge in [-0.3, -0.25) is 9.59 Å². The van der Waals surface area contributed by atoms with E-state index in [1.807, 2.05) is 0 Å². The van der Waals surface area contributed by atoms with Gasteiger partial charge in [-0.2, -0.15) is 13.2 Å². The molecule has 23 heavy (non-hydrogen) atoms. The SMILES string of the molecule is COc1cccc(C(=O)N2CCC(C(=O)O)(C(F)(F)F)C2)c1F. The molecule has 1 heterocycles. The van der Waals surface area contributed by atoms with Crippen LogP contribution in [-0.4, -0.2) is 48.3 Å². The first kappa shape index (κ1) is 17.0. The summed E-state index contributed by atoms with van der Waals surface area (Å²) >= 11 is 0. The van der Waals surface area contributed by atoms with Crippen molar-refractivity contribution < 1.29 is 37.0 Å². The van der Waals surface area contributed by atoms with E-state index in [2.05, 4.69) is 0 Å². The Balaban J connectivity index is 2.32. The van der Waals surface area contributed by atoms with Gasteiger partial charge in [0.05, 0.1) is 12.7 Å². The normalized spacial score (nSPS) is 21.3. The first-order valence-electron chi connectivity index (χ1n) is 6.56. The Morgan fingerprint density at radius 1 is 1.35 bits per heavy atom. The van der Waals surface area contributed by atoms with Gasteiger partial charge in [0.1, 0.15) is 0 Å². The number of amides is 1. The fraction of sp³-hybridized carbons (Fsp3) is 0.429. The second-order valence-electron chi connectivity index (χ2n) is 5.18. The van der Waals surface area contributed by atoms with E-state index in [0.29, 0.717) is 4.90 Å². The monoisotopic (exact) mass is 335 g/mol. The predicted molar refractivity (Wildman–Crippen MR) is 69.6 cm³/mol. The average molecular weight is 335 g/mol. The van der Waals surface area contributed by atoms with Gasteiger partial charge in [0.2, 0.25) is 0 Å². The number of carboxylic acids is 1. The molecule has 1 N–H and O–H groups in total. The second kappa shape index (κ2) is 5.71. The van der Waals surface area contributed by atoms with Crippen LogP contribution in [0.2, 0.25) is 0 Å². The van der Waals surface area contributed by atoms with Gasteiger partial charge in [-0.05, 0) is 18.6 Å². The molecule has 1 amide bonds. The number of methoxy groups -OCH3 is 1. The highest BCUT2D eigenvalue weighted by Crippen LogP contribution is 2.46. The van der Waals surface area contributed by atoms with E-state index in [-0.39, 0.29) is 5.75 Å². The van der Waals surface area contributed by atoms with Gasteiger partial charge in [-0.25, -0.2) is 4.39 Å². The van der Waals surface area contributed by atoms with Crippen molar-refractivity contribution in [2.45, 2.75) is 12.6 Å². The van der Waals surface area contributed by atoms with Crippen molar-refractivity contribution in [3.05, 3.63) is 29.6 Å². The van der Waals surface area contributed by atoms with Crippen LogP contribution in [0, 0.1) is 11.2 Å². The molecule has 1 aliphatic rings. The summed E-state index contributed by atoms with van der Waals surface area (Å²) < 4.78 is 58.0. The van der Waals surface area contributed by atoms with Gasteiger partial charge in [0, 0.05) is 13.1 Å². The standard InChI is InChI=1S/C14H13F4NO4/c1-23-9-4-2-3-8(10(9)15)11(20)19-6-5-13(7-19,12(21)22)14(16,17)18/h2-4H,5-7H2,1H3,(H,21,22). The quantitative estimate of drug-likeness (QED) is 0.861. The molecule has 126 valence electrons. The first-order chi connectivity index (χ1) is 10.6. The van der Waals surface area contributed by atoms with Crippen molar-refractivity contribution in [1.82, 2.24) is 4.90 Å². The lowest BCUT2D eigenvalue weighted by Crippen LogP contribution is -2.47. The number of hydrogen-bond donors (Lipinski definition) is 1. The summed E-state index contributed by atoms with van der Waals surface area (Å²) in [5, 5.41) is 8.95. The summed E-state index contributed by atoms with van der Waals surface area (Å²) in [7, 11) is 1.18. The third-order valence-electron chi connectivity index (χ3n) is 3.92. The molecule has 0 saturated carbocycles. The molecule has 1 aliphatic heterocycles. The summed E-state index contributed by atoms with van der Waals surface area (Å²) in [6, 6.07) is 3.68. The number of halogens is 4. The number of hydrogen-bond acceptors (Lipinski definition) is 3. The van der Waals surface area contributed by atoms with Gasteiger partial charge in [0.15, 0.2) is 17.0 Å². The van der Waals surface area contributed by atoms with Gasteiger partial charge >= 0.3 is 12.1 Å². The first-order valence-corrected chi connectivity index (χ1v) is 6.56. The van der Waals surface area contributed by atoms with Crippen LogP contribution in [-0.2, 0) is 4.79 Å². The minimum absolute atomic E-state index is 0.227. The Labute approximate surface area is 128 Å². The van der Waals surface area contributed by atoms with E-state index in [4.69, 9.17) is 9.84 Å². The fourth-order valence-corrected chi connectivity index (χ4v) is 2.51. The average Bonchev–Trinajstić information content (AvgIpc) is 2.93. The Bertz CT molecular complexity index is 646. The Morgan fingerprint density at radius 3 is 2.48 bits per heavy atom. The molecular formula is C14H13F4NO4. The second-order valence-corrected chi connectivity index (χ2v) is 5.18. The van der Waals surface area contributed by atoms with Crippen molar-refractivity contribution in [2.24, 2.45) is 5.41 Å². The summed E-state index contributed by atoms with van der Waals surface area (Å²) in [4.78, 5) is 24.0. The lowest BCUT2D eigenvalue weighted by molar-refractivity contribution is -0.227. The van der Waals surface area contributed by atoms with Gasteiger partial charge in [-0.1, -0.05) is 6.07 Å². The number of aliphatic carboxylic acids is 1. The van der Waals surface area contributed by atoms with Crippen molar-refractivity contribution in [3.63, 3.8) is 0 Å². The van der Waals surface area contributed by atoms with Crippen LogP contribution in [0.1, 0.15) is 16.8 Å². The van der Waals surface area contributed by atoms with Crippen LogP contribution >= 0.6 is 0 Å². The van der Waals surface area contributed by atoms with Crippen molar-refractivity contribution in [2.75, 3.05) is 20.2 Å². The number of ether oxygens (including phenoxy) is 1. The highest BCUT2D eigenvalue weighted by atomic mass is 19.4. The predicted octanol–water partition coefficient (Wildman–Crippen LogP) is 2.31. The van der Waals surface area contributed by atoms with E-state index in [9.17, 15) is 27.2 Å². The summed E-state index contributed by atoms with van der Waals surface area (Å²) in [5.74, 6) is -4.28. The zero-order valence-corrected chi connectivity index (χ0v) is 12.0. The lowest BCUT2D eigenvalue weighted by atomic mass is 9.86. The zero-order chi connectivity index (χ0) is 17.4. The molecule has 9 heteroatoms. The largest absolute Gasteiger partial charge is 0.494 e. The van der Waals surface area contributed by atoms with Crippen LogP contribution in [0.3, 0.4) is 0 Å². The zero-order valence-electron chi connectivity index (χ0n) is 12.0. The third kappa shape index (κ3) is 2.71. The molecule has 1 saturated heterocycles. The number of likely N-dealkylation sites (tertiary alicyclic amines) is 1. The van der Waals surface area contributed by atoms with Crippen LogP contribution < -0.4 is 4.74 Å². The summed E-state index contributed by atoms with van der Waals surface area (Å²) in [6.07, 6.45) is -5.79. The minimum Gasteiger partial charge on any atom is -0.494 e. The summed E-state index contributed by atoms with van der Waals surface area (Å²) in [5.41, 5.74) is -3.49. The molecular weight excluding hydrogens is 322 g/mol. The van der Waals surface area contributed by atoms with Gasteiger partial charge in [-0.15, -0.1) is 0 Å². The van der Waals surface area contributed by atoms with E-state index < -0.39 is 54.4 Å². The van der Waals surface area contributed by atoms with Crippen molar-refractivity contribution in [1.29, 1.82) is 0 Å². The number of nitrogens with zero attached hydrogens (tertiary/aromatic N) is 1. The number of benzene rings is 1. The van der Waals surface area contributed by atoms with Gasteiger partial charge in [0.25, 0.3) is 5.91 Å². The molecule has 5 nitrogen and oxygen atoms in total. The Morgan fingerprint density at radius 2 is 2.00 bits per heavy atom. The van der Waals surface area contributed by atoms with E-state index >= 15 is 0 Å². The Kier molecular flexibility index (Phi) is 4.23. The molecule has 0 spiro atoms. The van der Waals surface area contributed by atoms with Crippen LogP contribution in [0.4, 0.5) is 17.6 Å². The maximum absolute atomic E-state index is 14.1. The van der Waals surface area contributed by atoms with Crippen molar-refractivity contribution in [3.8, 4) is 5.75 Å². The third-order valence-corrected chi connectivity index (χ3v) is 3.92. The van der Waals surface area contributed by atoms with Crippen LogP contribution in [0.5, 0.6) is 5.75 Å². The molecule has 0 radical (unpaired) electrons. The highest BCUT2D eigenvalue weighted by Gasteiger charge is 2.64. The molecule has 1 unspecified atom stereocenters. The highest BCUT2D eigenvalue weighted by molar-refractivity contribution is 5.95. The van der Waals surface area contributed by atoms with E-state index in [1.165, 1.54) is 19.2 Å². The van der Waals surface area contributed by atoms with Crippen LogP contribution in [0.15, 0.2) is 18.2 Å². The molecule has 0 bridgehead atoms. The fourth-order valence-electron chi connectivity index (χ4n) is 2.51. The number of carbonyl (C=O) groups excluding carboxylic acids is 1. The molecule has 1 atom stereocenters. The molecule has 0 aromatic heterocycles.